The summed E-state index contributed by atoms with van der Waals surface area (Å²) in [5.74, 6) is 0.173. The van der Waals surface area contributed by atoms with Crippen molar-refractivity contribution in [3.63, 3.8) is 0 Å². The quantitative estimate of drug-likeness (QED) is 0.846. The topological polar surface area (TPSA) is 74.2 Å². The van der Waals surface area contributed by atoms with E-state index in [1.165, 1.54) is 0 Å². The van der Waals surface area contributed by atoms with Crippen LogP contribution in [0.2, 0.25) is 0 Å². The Labute approximate surface area is 138 Å². The van der Waals surface area contributed by atoms with Gasteiger partial charge in [-0.1, -0.05) is 32.0 Å². The van der Waals surface area contributed by atoms with Crippen molar-refractivity contribution in [1.29, 1.82) is 5.26 Å². The fourth-order valence-electron chi connectivity index (χ4n) is 2.68. The molecule has 1 aliphatic rings. The van der Waals surface area contributed by atoms with E-state index in [2.05, 4.69) is 30.6 Å². The lowest BCUT2D eigenvalue weighted by atomic mass is 9.81. The van der Waals surface area contributed by atoms with Crippen LogP contribution < -0.4 is 10.6 Å². The minimum absolute atomic E-state index is 0.108. The van der Waals surface area contributed by atoms with Crippen LogP contribution in [0.4, 0.5) is 5.69 Å². The van der Waals surface area contributed by atoms with Gasteiger partial charge < -0.3 is 15.4 Å². The number of nitriles is 1. The molecule has 1 aliphatic heterocycles. The van der Waals surface area contributed by atoms with E-state index in [4.69, 9.17) is 4.74 Å². The summed E-state index contributed by atoms with van der Waals surface area (Å²) in [5, 5.41) is 15.9. The Morgan fingerprint density at radius 1 is 1.30 bits per heavy atom. The molecule has 0 bridgehead atoms. The Balaban J connectivity index is 1.95. The number of amides is 1. The van der Waals surface area contributed by atoms with E-state index in [-0.39, 0.29) is 11.9 Å². The highest BCUT2D eigenvalue weighted by Gasteiger charge is 2.40. The number of carbonyl (C=O) groups excluding carboxylic acids is 1. The first-order valence-electron chi connectivity index (χ1n) is 8.16. The lowest BCUT2D eigenvalue weighted by Gasteiger charge is -2.31. The summed E-state index contributed by atoms with van der Waals surface area (Å²) < 4.78 is 5.28. The molecule has 124 valence electrons. The predicted octanol–water partition coefficient (Wildman–Crippen LogP) is 2.56. The van der Waals surface area contributed by atoms with E-state index in [1.807, 2.05) is 30.3 Å². The van der Waals surface area contributed by atoms with E-state index in [9.17, 15) is 10.1 Å². The zero-order valence-electron chi connectivity index (χ0n) is 13.8. The molecule has 0 saturated carbocycles. The molecule has 1 fully saturated rings. The highest BCUT2D eigenvalue weighted by atomic mass is 16.5. The fraction of sp³-hybridized carbons (Fsp3) is 0.556. The van der Waals surface area contributed by atoms with Gasteiger partial charge in [0.05, 0.1) is 6.07 Å². The number of carbonyl (C=O) groups is 1. The van der Waals surface area contributed by atoms with Crippen LogP contribution in [0.5, 0.6) is 0 Å². The van der Waals surface area contributed by atoms with Crippen LogP contribution in [0.1, 0.15) is 26.7 Å². The molecule has 5 nitrogen and oxygen atoms in total. The van der Waals surface area contributed by atoms with E-state index in [0.29, 0.717) is 38.5 Å². The van der Waals surface area contributed by atoms with Gasteiger partial charge in [0.15, 0.2) is 0 Å². The van der Waals surface area contributed by atoms with Crippen molar-refractivity contribution in [3.05, 3.63) is 30.3 Å². The lowest BCUT2D eigenvalue weighted by Crippen LogP contribution is -2.48. The minimum Gasteiger partial charge on any atom is -0.381 e. The van der Waals surface area contributed by atoms with Crippen molar-refractivity contribution in [1.82, 2.24) is 5.32 Å². The molecule has 2 N–H and O–H groups in total. The summed E-state index contributed by atoms with van der Waals surface area (Å²) in [6.45, 7) is 5.66. The van der Waals surface area contributed by atoms with Crippen LogP contribution in [-0.2, 0) is 9.53 Å². The SMILES string of the molecule is CC(C)C(CNC(=O)C1(C#N)CCOCC1)Nc1ccccc1. The zero-order chi connectivity index (χ0) is 16.7. The maximum absolute atomic E-state index is 12.5. The predicted molar refractivity (Wildman–Crippen MR) is 89.8 cm³/mol. The normalized spacial score (nSPS) is 18.0. The number of rotatable bonds is 6. The Morgan fingerprint density at radius 3 is 2.52 bits per heavy atom. The van der Waals surface area contributed by atoms with Gasteiger partial charge in [0.2, 0.25) is 5.91 Å². The molecule has 0 radical (unpaired) electrons. The van der Waals surface area contributed by atoms with E-state index >= 15 is 0 Å². The molecule has 0 aliphatic carbocycles. The summed E-state index contributed by atoms with van der Waals surface area (Å²) in [6.07, 6.45) is 0.932. The second kappa shape index (κ2) is 7.98. The lowest BCUT2D eigenvalue weighted by molar-refractivity contribution is -0.132. The van der Waals surface area contributed by atoms with Gasteiger partial charge in [-0.05, 0) is 30.9 Å². The fourth-order valence-corrected chi connectivity index (χ4v) is 2.68. The standard InChI is InChI=1S/C18H25N3O2/c1-14(2)16(21-15-6-4-3-5-7-15)12-20-17(22)18(13-19)8-10-23-11-9-18/h3-7,14,16,21H,8-12H2,1-2H3,(H,20,22). The highest BCUT2D eigenvalue weighted by molar-refractivity contribution is 5.85. The maximum atomic E-state index is 12.5. The summed E-state index contributed by atoms with van der Waals surface area (Å²) >= 11 is 0. The molecule has 1 aromatic carbocycles. The third-order valence-electron chi connectivity index (χ3n) is 4.41. The molecule has 2 rings (SSSR count). The molecule has 1 heterocycles. The van der Waals surface area contributed by atoms with Crippen LogP contribution in [0.15, 0.2) is 30.3 Å². The van der Waals surface area contributed by atoms with Crippen molar-refractivity contribution >= 4 is 11.6 Å². The summed E-state index contributed by atoms with van der Waals surface area (Å²) in [6, 6.07) is 12.3. The molecular formula is C18H25N3O2. The first-order valence-corrected chi connectivity index (χ1v) is 8.16. The monoisotopic (exact) mass is 315 g/mol. The van der Waals surface area contributed by atoms with Gasteiger partial charge in [-0.3, -0.25) is 4.79 Å². The van der Waals surface area contributed by atoms with Crippen molar-refractivity contribution < 1.29 is 9.53 Å². The van der Waals surface area contributed by atoms with Crippen LogP contribution >= 0.6 is 0 Å². The zero-order valence-corrected chi connectivity index (χ0v) is 13.8. The number of para-hydroxylation sites is 1. The highest BCUT2D eigenvalue weighted by Crippen LogP contribution is 2.29. The molecule has 1 unspecified atom stereocenters. The average Bonchev–Trinajstić information content (AvgIpc) is 2.59. The Morgan fingerprint density at radius 2 is 1.96 bits per heavy atom. The molecular weight excluding hydrogens is 290 g/mol. The molecule has 5 heteroatoms. The Kier molecular flexibility index (Phi) is 6.00. The molecule has 23 heavy (non-hydrogen) atoms. The molecule has 0 aromatic heterocycles. The molecule has 1 saturated heterocycles. The molecule has 0 spiro atoms. The van der Waals surface area contributed by atoms with Gasteiger partial charge in [0.1, 0.15) is 5.41 Å². The minimum atomic E-state index is -0.938. The van der Waals surface area contributed by atoms with Crippen LogP contribution in [0.25, 0.3) is 0 Å². The number of hydrogen-bond acceptors (Lipinski definition) is 4. The van der Waals surface area contributed by atoms with Crippen LogP contribution in [-0.4, -0.2) is 31.7 Å². The molecule has 1 amide bonds. The van der Waals surface area contributed by atoms with Gasteiger partial charge in [-0.15, -0.1) is 0 Å². The Bertz CT molecular complexity index is 545. The van der Waals surface area contributed by atoms with Gasteiger partial charge in [0.25, 0.3) is 0 Å². The van der Waals surface area contributed by atoms with Crippen molar-refractivity contribution in [3.8, 4) is 6.07 Å². The van der Waals surface area contributed by atoms with Gasteiger partial charge >= 0.3 is 0 Å². The van der Waals surface area contributed by atoms with Crippen molar-refractivity contribution in [2.24, 2.45) is 11.3 Å². The number of nitrogens with one attached hydrogen (secondary N) is 2. The second-order valence-corrected chi connectivity index (χ2v) is 6.38. The second-order valence-electron chi connectivity index (χ2n) is 6.38. The van der Waals surface area contributed by atoms with Crippen LogP contribution in [0, 0.1) is 22.7 Å². The van der Waals surface area contributed by atoms with E-state index in [0.717, 1.165) is 5.69 Å². The van der Waals surface area contributed by atoms with E-state index < -0.39 is 5.41 Å². The van der Waals surface area contributed by atoms with Crippen LogP contribution in [0.3, 0.4) is 0 Å². The van der Waals surface area contributed by atoms with Gasteiger partial charge in [-0.2, -0.15) is 5.26 Å². The summed E-state index contributed by atoms with van der Waals surface area (Å²) in [7, 11) is 0. The number of hydrogen-bond donors (Lipinski definition) is 2. The first-order chi connectivity index (χ1) is 11.1. The number of anilines is 1. The van der Waals surface area contributed by atoms with Gasteiger partial charge in [0, 0.05) is 31.5 Å². The van der Waals surface area contributed by atoms with Crippen molar-refractivity contribution in [2.45, 2.75) is 32.7 Å². The third-order valence-corrected chi connectivity index (χ3v) is 4.41. The van der Waals surface area contributed by atoms with Crippen molar-refractivity contribution in [2.75, 3.05) is 25.1 Å². The smallest absolute Gasteiger partial charge is 0.240 e. The Hall–Kier alpha value is -2.06. The third kappa shape index (κ3) is 4.46. The van der Waals surface area contributed by atoms with E-state index in [1.54, 1.807) is 0 Å². The number of benzene rings is 1. The number of nitrogens with zero attached hydrogens (tertiary/aromatic N) is 1. The first kappa shape index (κ1) is 17.3. The summed E-state index contributed by atoms with van der Waals surface area (Å²) in [4.78, 5) is 12.5. The molecule has 1 aromatic rings. The summed E-state index contributed by atoms with van der Waals surface area (Å²) in [5.41, 5.74) is 0.0912. The average molecular weight is 315 g/mol. The number of ether oxygens (including phenoxy) is 1. The maximum Gasteiger partial charge on any atom is 0.240 e. The van der Waals surface area contributed by atoms with Gasteiger partial charge in [-0.25, -0.2) is 0 Å². The largest absolute Gasteiger partial charge is 0.381 e. The molecule has 1 atom stereocenters.